The van der Waals surface area contributed by atoms with E-state index in [0.717, 1.165) is 5.69 Å². The number of carbonyl (C=O) groups is 1. The third kappa shape index (κ3) is 2.12. The van der Waals surface area contributed by atoms with E-state index in [-0.39, 0.29) is 17.6 Å². The second-order valence-corrected chi connectivity index (χ2v) is 4.39. The van der Waals surface area contributed by atoms with Gasteiger partial charge in [-0.25, -0.2) is 9.78 Å². The van der Waals surface area contributed by atoms with Crippen LogP contribution in [0.15, 0.2) is 16.9 Å². The zero-order chi connectivity index (χ0) is 14.2. The molecule has 5 heteroatoms. The Morgan fingerprint density at radius 1 is 1.37 bits per heavy atom. The topological polar surface area (TPSA) is 61.2 Å². The maximum atomic E-state index is 12.4. The lowest BCUT2D eigenvalue weighted by atomic mass is 10.1. The zero-order valence-corrected chi connectivity index (χ0v) is 11.5. The van der Waals surface area contributed by atoms with E-state index >= 15 is 0 Å². The third-order valence-electron chi connectivity index (χ3n) is 3.15. The van der Waals surface area contributed by atoms with Crippen LogP contribution in [0.1, 0.15) is 28.7 Å². The van der Waals surface area contributed by atoms with Crippen molar-refractivity contribution in [2.75, 3.05) is 6.61 Å². The molecule has 0 atom stereocenters. The summed E-state index contributed by atoms with van der Waals surface area (Å²) in [5, 5.41) is 0.432. The van der Waals surface area contributed by atoms with Crippen molar-refractivity contribution >= 4 is 17.0 Å². The number of rotatable bonds is 2. The smallest absolute Gasteiger partial charge is 0.343 e. The van der Waals surface area contributed by atoms with Gasteiger partial charge in [-0.05, 0) is 32.9 Å². The van der Waals surface area contributed by atoms with Crippen LogP contribution in [0.5, 0.6) is 0 Å². The molecule has 0 spiro atoms. The molecule has 0 unspecified atom stereocenters. The van der Waals surface area contributed by atoms with E-state index in [1.165, 1.54) is 0 Å². The first kappa shape index (κ1) is 13.3. The SMILES string of the molecule is CCOC(=O)c1c(C)n(C)c2nc(C)ccc2c1=O. The Kier molecular flexibility index (Phi) is 3.38. The molecule has 19 heavy (non-hydrogen) atoms. The molecule has 0 fully saturated rings. The number of aryl methyl sites for hydroxylation is 2. The van der Waals surface area contributed by atoms with E-state index < -0.39 is 5.97 Å². The Balaban J connectivity index is 2.85. The van der Waals surface area contributed by atoms with Gasteiger partial charge in [-0.15, -0.1) is 0 Å². The zero-order valence-electron chi connectivity index (χ0n) is 11.5. The number of esters is 1. The maximum Gasteiger partial charge on any atom is 0.343 e. The Morgan fingerprint density at radius 3 is 2.68 bits per heavy atom. The number of hydrogen-bond acceptors (Lipinski definition) is 4. The van der Waals surface area contributed by atoms with Crippen molar-refractivity contribution < 1.29 is 9.53 Å². The third-order valence-corrected chi connectivity index (χ3v) is 3.15. The van der Waals surface area contributed by atoms with Gasteiger partial charge in [0.15, 0.2) is 0 Å². The van der Waals surface area contributed by atoms with Crippen LogP contribution in [0.2, 0.25) is 0 Å². The van der Waals surface area contributed by atoms with Crippen LogP contribution >= 0.6 is 0 Å². The molecule has 0 amide bonds. The van der Waals surface area contributed by atoms with Crippen LogP contribution in [0.25, 0.3) is 11.0 Å². The van der Waals surface area contributed by atoms with Crippen molar-refractivity contribution in [1.82, 2.24) is 9.55 Å². The number of nitrogens with zero attached hydrogens (tertiary/aromatic N) is 2. The molecule has 5 nitrogen and oxygen atoms in total. The summed E-state index contributed by atoms with van der Waals surface area (Å²) in [6.45, 7) is 5.53. The lowest BCUT2D eigenvalue weighted by molar-refractivity contribution is 0.0523. The summed E-state index contributed by atoms with van der Waals surface area (Å²) in [6.07, 6.45) is 0. The molecule has 2 rings (SSSR count). The second-order valence-electron chi connectivity index (χ2n) is 4.39. The largest absolute Gasteiger partial charge is 0.462 e. The quantitative estimate of drug-likeness (QED) is 0.771. The highest BCUT2D eigenvalue weighted by Gasteiger charge is 2.20. The summed E-state index contributed by atoms with van der Waals surface area (Å²) in [6, 6.07) is 3.45. The minimum absolute atomic E-state index is 0.0857. The molecule has 2 aromatic heterocycles. The predicted molar refractivity (Wildman–Crippen MR) is 72.4 cm³/mol. The molecule has 0 aliphatic rings. The predicted octanol–water partition coefficient (Wildman–Crippen LogP) is 1.73. The Hall–Kier alpha value is -2.17. The first-order valence-electron chi connectivity index (χ1n) is 6.11. The first-order valence-corrected chi connectivity index (χ1v) is 6.11. The number of pyridine rings is 2. The van der Waals surface area contributed by atoms with Crippen molar-refractivity contribution in [2.45, 2.75) is 20.8 Å². The molecule has 0 saturated carbocycles. The van der Waals surface area contributed by atoms with Crippen molar-refractivity contribution in [3.8, 4) is 0 Å². The molecule has 0 bridgehead atoms. The van der Waals surface area contributed by atoms with Gasteiger partial charge in [0, 0.05) is 18.4 Å². The summed E-state index contributed by atoms with van der Waals surface area (Å²) < 4.78 is 6.69. The maximum absolute atomic E-state index is 12.4. The van der Waals surface area contributed by atoms with Crippen LogP contribution in [0.4, 0.5) is 0 Å². The molecule has 100 valence electrons. The van der Waals surface area contributed by atoms with Crippen molar-refractivity contribution in [3.05, 3.63) is 39.3 Å². The molecule has 0 radical (unpaired) electrons. The summed E-state index contributed by atoms with van der Waals surface area (Å²) in [4.78, 5) is 28.6. The minimum Gasteiger partial charge on any atom is -0.462 e. The molecule has 2 aromatic rings. The first-order chi connectivity index (χ1) is 8.97. The second kappa shape index (κ2) is 4.84. The normalized spacial score (nSPS) is 10.7. The fraction of sp³-hybridized carbons (Fsp3) is 0.357. The standard InChI is InChI=1S/C14H16N2O3/c1-5-19-14(18)11-9(3)16(4)13-10(12(11)17)7-6-8(2)15-13/h6-7H,5H2,1-4H3. The van der Waals surface area contributed by atoms with Gasteiger partial charge in [-0.3, -0.25) is 4.79 Å². The number of ether oxygens (including phenoxy) is 1. The summed E-state index contributed by atoms with van der Waals surface area (Å²) in [5.74, 6) is -0.580. The molecule has 0 aliphatic carbocycles. The van der Waals surface area contributed by atoms with E-state index in [0.29, 0.717) is 16.7 Å². The van der Waals surface area contributed by atoms with Crippen LogP contribution in [0.3, 0.4) is 0 Å². The van der Waals surface area contributed by atoms with E-state index in [1.54, 1.807) is 37.6 Å². The fourth-order valence-electron chi connectivity index (χ4n) is 2.05. The fourth-order valence-corrected chi connectivity index (χ4v) is 2.05. The van der Waals surface area contributed by atoms with Crippen molar-refractivity contribution in [3.63, 3.8) is 0 Å². The molecule has 0 aromatic carbocycles. The van der Waals surface area contributed by atoms with Gasteiger partial charge in [-0.2, -0.15) is 0 Å². The van der Waals surface area contributed by atoms with Crippen molar-refractivity contribution in [2.24, 2.45) is 7.05 Å². The van der Waals surface area contributed by atoms with Gasteiger partial charge in [0.1, 0.15) is 11.2 Å². The number of hydrogen-bond donors (Lipinski definition) is 0. The van der Waals surface area contributed by atoms with Crippen LogP contribution in [-0.4, -0.2) is 22.1 Å². The molecular formula is C14H16N2O3. The van der Waals surface area contributed by atoms with Gasteiger partial charge >= 0.3 is 5.97 Å². The Labute approximate surface area is 110 Å². The molecule has 0 aliphatic heterocycles. The van der Waals surface area contributed by atoms with Gasteiger partial charge in [0.05, 0.1) is 12.0 Å². The van der Waals surface area contributed by atoms with Gasteiger partial charge < -0.3 is 9.30 Å². The lowest BCUT2D eigenvalue weighted by Crippen LogP contribution is -2.23. The van der Waals surface area contributed by atoms with E-state index in [4.69, 9.17) is 4.74 Å². The van der Waals surface area contributed by atoms with Gasteiger partial charge in [-0.1, -0.05) is 0 Å². The summed E-state index contributed by atoms with van der Waals surface area (Å²) in [5.41, 5.74) is 1.73. The minimum atomic E-state index is -0.580. The highest BCUT2D eigenvalue weighted by molar-refractivity contribution is 5.94. The molecule has 0 N–H and O–H groups in total. The van der Waals surface area contributed by atoms with Crippen LogP contribution in [0, 0.1) is 13.8 Å². The molecule has 0 saturated heterocycles. The number of aromatic nitrogens is 2. The average molecular weight is 260 g/mol. The monoisotopic (exact) mass is 260 g/mol. The summed E-state index contributed by atoms with van der Waals surface area (Å²) >= 11 is 0. The van der Waals surface area contributed by atoms with Crippen molar-refractivity contribution in [1.29, 1.82) is 0 Å². The number of fused-ring (bicyclic) bond motifs is 1. The van der Waals surface area contributed by atoms with Crippen LogP contribution in [-0.2, 0) is 11.8 Å². The van der Waals surface area contributed by atoms with E-state index in [1.807, 2.05) is 6.92 Å². The average Bonchev–Trinajstić information content (AvgIpc) is 2.36. The van der Waals surface area contributed by atoms with Gasteiger partial charge in [0.2, 0.25) is 5.43 Å². The van der Waals surface area contributed by atoms with Crippen LogP contribution < -0.4 is 5.43 Å². The molecular weight excluding hydrogens is 244 g/mol. The van der Waals surface area contributed by atoms with E-state index in [9.17, 15) is 9.59 Å². The summed E-state index contributed by atoms with van der Waals surface area (Å²) in [7, 11) is 1.78. The molecule has 2 heterocycles. The lowest BCUT2D eigenvalue weighted by Gasteiger charge is -2.13. The number of carbonyl (C=O) groups excluding carboxylic acids is 1. The highest BCUT2D eigenvalue weighted by atomic mass is 16.5. The Bertz CT molecular complexity index is 717. The Morgan fingerprint density at radius 2 is 2.05 bits per heavy atom. The van der Waals surface area contributed by atoms with Gasteiger partial charge in [0.25, 0.3) is 0 Å². The van der Waals surface area contributed by atoms with E-state index in [2.05, 4.69) is 4.98 Å². The highest BCUT2D eigenvalue weighted by Crippen LogP contribution is 2.14.